The molecule has 0 N–H and O–H groups in total. The zero-order valence-corrected chi connectivity index (χ0v) is 15.2. The number of fused-ring (bicyclic) bond motifs is 1. The standard InChI is InChI=1S/C20H26O5/c1-21-15-10-14(11-16(22-2)18(15)23-3)12-19-6-4-5-7-20(19)8-9-24-17(13-19)25-20/h8-11,17H,4-7,12-13H2,1-3H3/t17-,19-,20-/m1/s1. The second-order valence-electron chi connectivity index (χ2n) is 7.28. The molecule has 3 atom stereocenters. The van der Waals surface area contributed by atoms with Crippen LogP contribution in [0.3, 0.4) is 0 Å². The Morgan fingerprint density at radius 3 is 2.44 bits per heavy atom. The summed E-state index contributed by atoms with van der Waals surface area (Å²) < 4.78 is 28.5. The quantitative estimate of drug-likeness (QED) is 0.810. The van der Waals surface area contributed by atoms with E-state index in [4.69, 9.17) is 23.7 Å². The smallest absolute Gasteiger partial charge is 0.203 e. The Morgan fingerprint density at radius 2 is 1.76 bits per heavy atom. The van der Waals surface area contributed by atoms with E-state index in [0.717, 1.165) is 25.7 Å². The van der Waals surface area contributed by atoms with E-state index in [1.165, 1.54) is 18.4 Å². The average Bonchev–Trinajstić information content (AvgIpc) is 2.86. The SMILES string of the molecule is COc1cc(C[C@@]23CCCC[C@@]24C=CO[C@@H](C3)O4)cc(OC)c1OC. The summed E-state index contributed by atoms with van der Waals surface area (Å²) in [6, 6.07) is 4.12. The summed E-state index contributed by atoms with van der Waals surface area (Å²) >= 11 is 0. The third-order valence-corrected chi connectivity index (χ3v) is 6.08. The van der Waals surface area contributed by atoms with Gasteiger partial charge in [0.1, 0.15) is 0 Å². The maximum absolute atomic E-state index is 6.33. The molecule has 1 saturated carbocycles. The van der Waals surface area contributed by atoms with E-state index in [1.54, 1.807) is 21.3 Å². The number of ether oxygens (including phenoxy) is 5. The molecule has 1 saturated heterocycles. The van der Waals surface area contributed by atoms with Crippen molar-refractivity contribution in [1.29, 1.82) is 0 Å². The van der Waals surface area contributed by atoms with Gasteiger partial charge in [-0.15, -0.1) is 0 Å². The van der Waals surface area contributed by atoms with Crippen LogP contribution in [0.2, 0.25) is 0 Å². The first kappa shape index (κ1) is 16.6. The number of methoxy groups -OCH3 is 3. The Kier molecular flexibility index (Phi) is 4.07. The number of hydrogen-bond acceptors (Lipinski definition) is 5. The Labute approximate surface area is 148 Å². The molecule has 0 aromatic heterocycles. The predicted molar refractivity (Wildman–Crippen MR) is 93.1 cm³/mol. The summed E-state index contributed by atoms with van der Waals surface area (Å²) in [6.45, 7) is 0. The molecule has 2 bridgehead atoms. The topological polar surface area (TPSA) is 46.2 Å². The van der Waals surface area contributed by atoms with Gasteiger partial charge in [0.15, 0.2) is 11.5 Å². The fourth-order valence-corrected chi connectivity index (χ4v) is 4.93. The van der Waals surface area contributed by atoms with Crippen LogP contribution in [0.1, 0.15) is 37.7 Å². The van der Waals surface area contributed by atoms with Crippen LogP contribution in [-0.2, 0) is 15.9 Å². The monoisotopic (exact) mass is 346 g/mol. The molecule has 0 amide bonds. The molecule has 0 radical (unpaired) electrons. The largest absolute Gasteiger partial charge is 0.493 e. The fourth-order valence-electron chi connectivity index (χ4n) is 4.93. The van der Waals surface area contributed by atoms with Gasteiger partial charge in [0, 0.05) is 11.8 Å². The minimum Gasteiger partial charge on any atom is -0.493 e. The van der Waals surface area contributed by atoms with Crippen LogP contribution in [0.4, 0.5) is 0 Å². The lowest BCUT2D eigenvalue weighted by molar-refractivity contribution is -0.162. The van der Waals surface area contributed by atoms with Gasteiger partial charge in [0.25, 0.3) is 0 Å². The third kappa shape index (κ3) is 2.48. The molecular formula is C20H26O5. The maximum Gasteiger partial charge on any atom is 0.203 e. The van der Waals surface area contributed by atoms with Crippen LogP contribution >= 0.6 is 0 Å². The van der Waals surface area contributed by atoms with E-state index in [1.807, 2.05) is 6.26 Å². The van der Waals surface area contributed by atoms with Crippen LogP contribution in [0, 0.1) is 5.41 Å². The summed E-state index contributed by atoms with van der Waals surface area (Å²) in [5.74, 6) is 2.04. The molecule has 25 heavy (non-hydrogen) atoms. The van der Waals surface area contributed by atoms with E-state index in [0.29, 0.717) is 17.2 Å². The molecule has 0 unspecified atom stereocenters. The van der Waals surface area contributed by atoms with E-state index < -0.39 is 0 Å². The molecule has 5 heteroatoms. The highest BCUT2D eigenvalue weighted by Gasteiger charge is 2.60. The van der Waals surface area contributed by atoms with Gasteiger partial charge in [-0.25, -0.2) is 0 Å². The number of rotatable bonds is 5. The normalized spacial score (nSPS) is 32.7. The Hall–Kier alpha value is -1.88. The van der Waals surface area contributed by atoms with Crippen LogP contribution in [-0.4, -0.2) is 33.2 Å². The summed E-state index contributed by atoms with van der Waals surface area (Å²) in [6.07, 6.45) is 10.4. The molecule has 2 fully saturated rings. The van der Waals surface area contributed by atoms with Gasteiger partial charge in [-0.3, -0.25) is 0 Å². The molecule has 1 aliphatic carbocycles. The molecule has 136 valence electrons. The Bertz CT molecular complexity index is 660. The predicted octanol–water partition coefficient (Wildman–Crippen LogP) is 3.84. The first-order valence-electron chi connectivity index (χ1n) is 8.95. The van der Waals surface area contributed by atoms with Crippen molar-refractivity contribution < 1.29 is 23.7 Å². The van der Waals surface area contributed by atoms with Crippen LogP contribution in [0.5, 0.6) is 17.2 Å². The van der Waals surface area contributed by atoms with Gasteiger partial charge in [0.05, 0.1) is 33.2 Å². The molecule has 2 heterocycles. The van der Waals surface area contributed by atoms with Crippen LogP contribution < -0.4 is 14.2 Å². The highest BCUT2D eigenvalue weighted by molar-refractivity contribution is 5.54. The summed E-state index contributed by atoms with van der Waals surface area (Å²) in [5.41, 5.74) is 1.04. The van der Waals surface area contributed by atoms with E-state index >= 15 is 0 Å². The maximum atomic E-state index is 6.33. The van der Waals surface area contributed by atoms with Crippen molar-refractivity contribution >= 4 is 0 Å². The Balaban J connectivity index is 1.73. The lowest BCUT2D eigenvalue weighted by atomic mass is 9.60. The molecule has 1 spiro atoms. The molecule has 4 rings (SSSR count). The molecule has 1 aromatic carbocycles. The van der Waals surface area contributed by atoms with Crippen LogP contribution in [0.25, 0.3) is 0 Å². The minimum absolute atomic E-state index is 0.0630. The molecule has 3 aliphatic rings. The van der Waals surface area contributed by atoms with Crippen molar-refractivity contribution in [2.24, 2.45) is 5.41 Å². The zero-order valence-electron chi connectivity index (χ0n) is 15.2. The zero-order chi connectivity index (χ0) is 17.5. The first-order valence-corrected chi connectivity index (χ1v) is 8.95. The average molecular weight is 346 g/mol. The van der Waals surface area contributed by atoms with Gasteiger partial charge in [0.2, 0.25) is 12.0 Å². The van der Waals surface area contributed by atoms with Crippen molar-refractivity contribution in [2.75, 3.05) is 21.3 Å². The number of benzene rings is 1. The van der Waals surface area contributed by atoms with E-state index in [-0.39, 0.29) is 17.3 Å². The van der Waals surface area contributed by atoms with Gasteiger partial charge in [-0.1, -0.05) is 12.8 Å². The third-order valence-electron chi connectivity index (χ3n) is 6.08. The molecule has 5 nitrogen and oxygen atoms in total. The minimum atomic E-state index is -0.200. The van der Waals surface area contributed by atoms with Crippen molar-refractivity contribution in [3.8, 4) is 17.2 Å². The summed E-state index contributed by atoms with van der Waals surface area (Å²) in [4.78, 5) is 0. The number of hydrogen-bond donors (Lipinski definition) is 0. The van der Waals surface area contributed by atoms with Crippen molar-refractivity contribution in [3.63, 3.8) is 0 Å². The molecule has 1 aromatic rings. The second kappa shape index (κ2) is 6.13. The highest BCUT2D eigenvalue weighted by atomic mass is 16.7. The second-order valence-corrected chi connectivity index (χ2v) is 7.28. The lowest BCUT2D eigenvalue weighted by Gasteiger charge is -2.46. The Morgan fingerprint density at radius 1 is 1.04 bits per heavy atom. The van der Waals surface area contributed by atoms with Gasteiger partial charge >= 0.3 is 0 Å². The van der Waals surface area contributed by atoms with Gasteiger partial charge in [-0.05, 0) is 43.0 Å². The summed E-state index contributed by atoms with van der Waals surface area (Å²) in [5, 5.41) is 0. The van der Waals surface area contributed by atoms with Crippen molar-refractivity contribution in [3.05, 3.63) is 30.0 Å². The van der Waals surface area contributed by atoms with Crippen molar-refractivity contribution in [2.45, 2.75) is 50.4 Å². The van der Waals surface area contributed by atoms with E-state index in [9.17, 15) is 0 Å². The van der Waals surface area contributed by atoms with E-state index in [2.05, 4.69) is 18.2 Å². The fraction of sp³-hybridized carbons (Fsp3) is 0.600. The lowest BCUT2D eigenvalue weighted by Crippen LogP contribution is -2.48. The van der Waals surface area contributed by atoms with Gasteiger partial charge in [-0.2, -0.15) is 0 Å². The van der Waals surface area contributed by atoms with Gasteiger partial charge < -0.3 is 23.7 Å². The van der Waals surface area contributed by atoms with Crippen molar-refractivity contribution in [1.82, 2.24) is 0 Å². The van der Waals surface area contributed by atoms with Crippen LogP contribution in [0.15, 0.2) is 24.5 Å². The first-order chi connectivity index (χ1) is 12.2. The molecular weight excluding hydrogens is 320 g/mol. The molecule has 2 aliphatic heterocycles. The summed E-state index contributed by atoms with van der Waals surface area (Å²) in [7, 11) is 4.94. The highest BCUT2D eigenvalue weighted by Crippen LogP contribution is 2.59.